The largest absolute Gasteiger partial charge is 0.497 e. The summed E-state index contributed by atoms with van der Waals surface area (Å²) in [7, 11) is -4.85. The van der Waals surface area contributed by atoms with E-state index in [1.165, 1.54) is 47.7 Å². The standard InChI is InChI=1S/C26H29N3O7S2/c1-34-16-14-29-22(17-27-26(29)37(30,31)20-21-7-4-3-5-8-21)18-28(19-24-9-6-15-36-24)38(32,33)25-12-10-23(35-2)11-13-25/h3-13,15,17H,14,16,18-20H2,1-2H3. The van der Waals surface area contributed by atoms with Crippen molar-refractivity contribution in [3.05, 3.63) is 96.2 Å². The summed E-state index contributed by atoms with van der Waals surface area (Å²) in [6, 6.07) is 18.2. The number of rotatable bonds is 13. The van der Waals surface area contributed by atoms with E-state index in [0.29, 0.717) is 22.8 Å². The lowest BCUT2D eigenvalue weighted by Gasteiger charge is -2.22. The Bertz CT molecular complexity index is 1530. The molecule has 0 N–H and O–H groups in total. The van der Waals surface area contributed by atoms with Crippen molar-refractivity contribution in [2.75, 3.05) is 20.8 Å². The first-order chi connectivity index (χ1) is 18.2. The Balaban J connectivity index is 1.72. The number of sulfone groups is 1. The first kappa shape index (κ1) is 27.6. The number of aromatic nitrogens is 2. The number of methoxy groups -OCH3 is 2. The highest BCUT2D eigenvalue weighted by molar-refractivity contribution is 7.90. The van der Waals surface area contributed by atoms with E-state index in [0.717, 1.165) is 0 Å². The van der Waals surface area contributed by atoms with E-state index in [-0.39, 0.29) is 42.0 Å². The SMILES string of the molecule is COCCn1c(CN(Cc2ccco2)S(=O)(=O)c2ccc(OC)cc2)cnc1S(=O)(=O)Cc1ccccc1. The van der Waals surface area contributed by atoms with Crippen molar-refractivity contribution in [3.63, 3.8) is 0 Å². The second-order valence-electron chi connectivity index (χ2n) is 8.45. The molecule has 0 aliphatic carbocycles. The lowest BCUT2D eigenvalue weighted by Crippen LogP contribution is -2.31. The average molecular weight is 560 g/mol. The van der Waals surface area contributed by atoms with Crippen LogP contribution in [0.3, 0.4) is 0 Å². The van der Waals surface area contributed by atoms with E-state index in [1.807, 2.05) is 6.07 Å². The number of imidazole rings is 1. The molecule has 0 fully saturated rings. The lowest BCUT2D eigenvalue weighted by atomic mass is 10.2. The summed E-state index contributed by atoms with van der Waals surface area (Å²) in [6.45, 7) is 0.169. The zero-order valence-electron chi connectivity index (χ0n) is 21.1. The summed E-state index contributed by atoms with van der Waals surface area (Å²) in [5, 5.41) is -0.145. The Kier molecular flexibility index (Phi) is 8.67. The quantitative estimate of drug-likeness (QED) is 0.244. The van der Waals surface area contributed by atoms with Gasteiger partial charge in [0.25, 0.3) is 0 Å². The van der Waals surface area contributed by atoms with Crippen LogP contribution in [0.25, 0.3) is 0 Å². The Morgan fingerprint density at radius 2 is 1.66 bits per heavy atom. The van der Waals surface area contributed by atoms with Crippen LogP contribution in [0.4, 0.5) is 0 Å². The first-order valence-electron chi connectivity index (χ1n) is 11.7. The fourth-order valence-electron chi connectivity index (χ4n) is 3.93. The van der Waals surface area contributed by atoms with Gasteiger partial charge in [-0.1, -0.05) is 30.3 Å². The van der Waals surface area contributed by atoms with Crippen LogP contribution in [0.2, 0.25) is 0 Å². The van der Waals surface area contributed by atoms with E-state index >= 15 is 0 Å². The van der Waals surface area contributed by atoms with Gasteiger partial charge in [0, 0.05) is 13.7 Å². The zero-order valence-corrected chi connectivity index (χ0v) is 22.7. The summed E-state index contributed by atoms with van der Waals surface area (Å²) in [5.41, 5.74) is 1.02. The van der Waals surface area contributed by atoms with Crippen molar-refractivity contribution in [2.45, 2.75) is 35.4 Å². The smallest absolute Gasteiger partial charge is 0.243 e. The molecule has 12 heteroatoms. The normalized spacial score (nSPS) is 12.2. The van der Waals surface area contributed by atoms with Gasteiger partial charge in [0.1, 0.15) is 11.5 Å². The Labute approximate surface area is 222 Å². The Morgan fingerprint density at radius 3 is 2.29 bits per heavy atom. The highest BCUT2D eigenvalue weighted by atomic mass is 32.2. The molecule has 2 aromatic heterocycles. The molecule has 0 atom stereocenters. The molecule has 0 radical (unpaired) electrons. The van der Waals surface area contributed by atoms with Crippen molar-refractivity contribution in [2.24, 2.45) is 0 Å². The van der Waals surface area contributed by atoms with Crippen LogP contribution in [-0.2, 0) is 50.0 Å². The molecule has 10 nitrogen and oxygen atoms in total. The number of hydrogen-bond donors (Lipinski definition) is 0. The van der Waals surface area contributed by atoms with Crippen LogP contribution in [0, 0.1) is 0 Å². The molecular weight excluding hydrogens is 530 g/mol. The number of benzene rings is 2. The van der Waals surface area contributed by atoms with Crippen molar-refractivity contribution >= 4 is 19.9 Å². The maximum absolute atomic E-state index is 13.7. The van der Waals surface area contributed by atoms with Crippen LogP contribution in [-0.4, -0.2) is 51.5 Å². The molecule has 38 heavy (non-hydrogen) atoms. The molecule has 2 aromatic carbocycles. The summed E-state index contributed by atoms with van der Waals surface area (Å²) < 4.78 is 72.6. The third kappa shape index (κ3) is 6.33. The van der Waals surface area contributed by atoms with Gasteiger partial charge in [-0.15, -0.1) is 0 Å². The highest BCUT2D eigenvalue weighted by Crippen LogP contribution is 2.25. The fraction of sp³-hybridized carbons (Fsp3) is 0.269. The molecule has 2 heterocycles. The van der Waals surface area contributed by atoms with E-state index in [9.17, 15) is 16.8 Å². The van der Waals surface area contributed by atoms with Gasteiger partial charge in [0.2, 0.25) is 25.0 Å². The van der Waals surface area contributed by atoms with Gasteiger partial charge in [0.15, 0.2) is 0 Å². The van der Waals surface area contributed by atoms with Crippen LogP contribution in [0.15, 0.2) is 93.7 Å². The third-order valence-electron chi connectivity index (χ3n) is 5.85. The molecule has 0 unspecified atom stereocenters. The lowest BCUT2D eigenvalue weighted by molar-refractivity contribution is 0.182. The number of nitrogens with zero attached hydrogens (tertiary/aromatic N) is 3. The van der Waals surface area contributed by atoms with Crippen LogP contribution >= 0.6 is 0 Å². The number of ether oxygens (including phenoxy) is 2. The van der Waals surface area contributed by atoms with Crippen molar-refractivity contribution < 1.29 is 30.7 Å². The van der Waals surface area contributed by atoms with Crippen molar-refractivity contribution in [3.8, 4) is 5.75 Å². The molecule has 4 rings (SSSR count). The monoisotopic (exact) mass is 559 g/mol. The minimum atomic E-state index is -4.02. The van der Waals surface area contributed by atoms with Gasteiger partial charge < -0.3 is 18.5 Å². The van der Waals surface area contributed by atoms with Gasteiger partial charge in [-0.25, -0.2) is 21.8 Å². The Morgan fingerprint density at radius 1 is 0.921 bits per heavy atom. The third-order valence-corrected chi connectivity index (χ3v) is 9.25. The molecule has 0 spiro atoms. The average Bonchev–Trinajstić information content (AvgIpc) is 3.58. The summed E-state index contributed by atoms with van der Waals surface area (Å²) in [4.78, 5) is 4.28. The van der Waals surface area contributed by atoms with Gasteiger partial charge in [-0.2, -0.15) is 4.31 Å². The summed E-state index contributed by atoms with van der Waals surface area (Å²) >= 11 is 0. The molecule has 0 saturated carbocycles. The fourth-order valence-corrected chi connectivity index (χ4v) is 6.82. The molecule has 0 saturated heterocycles. The van der Waals surface area contributed by atoms with Crippen LogP contribution in [0.5, 0.6) is 5.75 Å². The molecule has 0 bridgehead atoms. The molecule has 0 amide bonds. The van der Waals surface area contributed by atoms with Gasteiger partial charge >= 0.3 is 0 Å². The number of sulfonamides is 1. The highest BCUT2D eigenvalue weighted by Gasteiger charge is 2.30. The maximum atomic E-state index is 13.7. The Hall–Kier alpha value is -3.45. The van der Waals surface area contributed by atoms with Crippen LogP contribution < -0.4 is 4.74 Å². The summed E-state index contributed by atoms with van der Waals surface area (Å²) in [5.74, 6) is 0.715. The second kappa shape index (κ2) is 11.9. The minimum Gasteiger partial charge on any atom is -0.497 e. The predicted octanol–water partition coefficient (Wildman–Crippen LogP) is 3.50. The van der Waals surface area contributed by atoms with Crippen molar-refractivity contribution in [1.82, 2.24) is 13.9 Å². The predicted molar refractivity (Wildman–Crippen MR) is 140 cm³/mol. The minimum absolute atomic E-state index is 0.0599. The molecular formula is C26H29N3O7S2. The van der Waals surface area contributed by atoms with E-state index < -0.39 is 19.9 Å². The van der Waals surface area contributed by atoms with Crippen LogP contribution in [0.1, 0.15) is 17.0 Å². The van der Waals surface area contributed by atoms with Crippen molar-refractivity contribution in [1.29, 1.82) is 0 Å². The topological polar surface area (TPSA) is 121 Å². The van der Waals surface area contributed by atoms with E-state index in [4.69, 9.17) is 13.9 Å². The second-order valence-corrected chi connectivity index (χ2v) is 12.3. The van der Waals surface area contributed by atoms with Gasteiger partial charge in [0.05, 0.1) is 55.6 Å². The van der Waals surface area contributed by atoms with E-state index in [1.54, 1.807) is 48.5 Å². The first-order valence-corrected chi connectivity index (χ1v) is 14.8. The molecule has 0 aliphatic rings. The number of furan rings is 1. The van der Waals surface area contributed by atoms with Gasteiger partial charge in [-0.3, -0.25) is 0 Å². The van der Waals surface area contributed by atoms with Gasteiger partial charge in [-0.05, 0) is 42.0 Å². The summed E-state index contributed by atoms with van der Waals surface area (Å²) in [6.07, 6.45) is 2.86. The zero-order chi connectivity index (χ0) is 27.2. The molecule has 0 aliphatic heterocycles. The maximum Gasteiger partial charge on any atom is 0.243 e. The number of hydrogen-bond acceptors (Lipinski definition) is 8. The van der Waals surface area contributed by atoms with E-state index in [2.05, 4.69) is 4.98 Å². The molecule has 202 valence electrons. The molecule has 4 aromatic rings.